The fourth-order valence-electron chi connectivity index (χ4n) is 16.2. The van der Waals surface area contributed by atoms with Crippen LogP contribution in [0.3, 0.4) is 0 Å². The molecule has 2 unspecified atom stereocenters. The van der Waals surface area contributed by atoms with Gasteiger partial charge in [-0.1, -0.05) is 352 Å². The summed E-state index contributed by atoms with van der Waals surface area (Å²) < 4.78 is 6.51. The molecule has 3 heteroatoms. The number of fused-ring (bicyclic) bond motifs is 5. The summed E-state index contributed by atoms with van der Waals surface area (Å²) in [5.74, 6) is 0.129. The van der Waals surface area contributed by atoms with Gasteiger partial charge in [0, 0.05) is 56.1 Å². The molecule has 0 aliphatic heterocycles. The summed E-state index contributed by atoms with van der Waals surface area (Å²) >= 11 is 0. The highest BCUT2D eigenvalue weighted by Crippen LogP contribution is 2.45. The quantitative estimate of drug-likeness (QED) is 0.0799. The van der Waals surface area contributed by atoms with Crippen LogP contribution in [0.25, 0.3) is 110 Å². The largest absolute Gasteiger partial charge is 0.456 e. The van der Waals surface area contributed by atoms with E-state index in [0.29, 0.717) is 0 Å². The van der Waals surface area contributed by atoms with Crippen LogP contribution in [-0.4, -0.2) is 0 Å². The van der Waals surface area contributed by atoms with Crippen molar-refractivity contribution in [3.63, 3.8) is 0 Å². The molecular weight excluding hydrogens is 1320 g/mol. The molecular formula is C106H74N2O. The Kier molecular flexibility index (Phi) is 17.5. The van der Waals surface area contributed by atoms with Crippen LogP contribution in [0, 0.1) is 0 Å². The molecule has 2 atom stereocenters. The van der Waals surface area contributed by atoms with E-state index in [-0.39, 0.29) is 11.8 Å². The molecule has 0 aliphatic rings. The highest BCUT2D eigenvalue weighted by Gasteiger charge is 2.23. The van der Waals surface area contributed by atoms with Gasteiger partial charge in [-0.05, 0) is 196 Å². The fraction of sp³-hybridized carbons (Fsp3) is 0.0189. The van der Waals surface area contributed by atoms with Crippen LogP contribution >= 0.6 is 0 Å². The predicted molar refractivity (Wildman–Crippen MR) is 458 cm³/mol. The average Bonchev–Trinajstić information content (AvgIpc) is 1.38. The Balaban J connectivity index is 0.565. The van der Waals surface area contributed by atoms with Crippen LogP contribution in [0.15, 0.2) is 441 Å². The van der Waals surface area contributed by atoms with Gasteiger partial charge in [0.15, 0.2) is 0 Å². The number of benzene rings is 18. The first-order valence-electron chi connectivity index (χ1n) is 37.6. The normalized spacial score (nSPS) is 12.0. The third-order valence-electron chi connectivity index (χ3n) is 21.8. The molecule has 1 aromatic heterocycles. The van der Waals surface area contributed by atoms with Gasteiger partial charge in [-0.25, -0.2) is 0 Å². The van der Waals surface area contributed by atoms with Crippen LogP contribution in [0.1, 0.15) is 45.2 Å². The van der Waals surface area contributed by atoms with Crippen LogP contribution in [-0.2, 0) is 0 Å². The Morgan fingerprint density at radius 2 is 0.422 bits per heavy atom. The zero-order chi connectivity index (χ0) is 72.4. The van der Waals surface area contributed by atoms with Crippen molar-refractivity contribution in [3.8, 4) is 66.8 Å². The minimum atomic E-state index is 0.0332. The average molecular weight is 1390 g/mol. The molecule has 0 spiro atoms. The smallest absolute Gasteiger partial charge is 0.135 e. The molecule has 0 amide bonds. The molecule has 0 saturated carbocycles. The maximum Gasteiger partial charge on any atom is 0.135 e. The zero-order valence-corrected chi connectivity index (χ0v) is 60.0. The standard InChI is InChI=1S/C106H74N2O/c1-5-20-73(21-6-1)74-42-50-86(51-43-74)105(84-24-7-2-8-25-84)88-54-46-80(47-55-88)91-62-68-103-99(71-91)100-72-92(63-69-104(100)109-103)81-48-56-89(57-49-81)106(85-26-9-3-10-27-85)87-52-44-76(45-53-87)75-38-40-79(41-39-75)90-30-17-33-96(70-90)108(102-37-19-29-83-23-14-16-35-98(83)102)95-66-60-78(61-67-95)77-58-64-94(65-59-77)107(93-31-11-4-12-32-93)101-36-18-28-82-22-13-15-34-97(82)101/h1-72,105-106H. The van der Waals surface area contributed by atoms with Crippen molar-refractivity contribution < 1.29 is 4.42 Å². The van der Waals surface area contributed by atoms with Crippen molar-refractivity contribution in [2.75, 3.05) is 9.80 Å². The van der Waals surface area contributed by atoms with E-state index < -0.39 is 0 Å². The maximum atomic E-state index is 6.51. The van der Waals surface area contributed by atoms with Gasteiger partial charge in [-0.2, -0.15) is 0 Å². The van der Waals surface area contributed by atoms with Crippen LogP contribution in [0.5, 0.6) is 0 Å². The second kappa shape index (κ2) is 29.1. The van der Waals surface area contributed by atoms with Gasteiger partial charge >= 0.3 is 0 Å². The third kappa shape index (κ3) is 13.1. The maximum absolute atomic E-state index is 6.51. The summed E-state index contributed by atoms with van der Waals surface area (Å²) in [7, 11) is 0. The molecule has 19 rings (SSSR count). The van der Waals surface area contributed by atoms with E-state index in [9.17, 15) is 0 Å². The summed E-state index contributed by atoms with van der Waals surface area (Å²) in [4.78, 5) is 4.76. The van der Waals surface area contributed by atoms with Crippen molar-refractivity contribution >= 4 is 77.6 Å². The molecule has 0 radical (unpaired) electrons. The Morgan fingerprint density at radius 1 is 0.165 bits per heavy atom. The summed E-state index contributed by atoms with van der Waals surface area (Å²) in [6, 6.07) is 159. The van der Waals surface area contributed by atoms with Crippen LogP contribution in [0.4, 0.5) is 34.1 Å². The topological polar surface area (TPSA) is 19.6 Å². The monoisotopic (exact) mass is 1390 g/mol. The highest BCUT2D eigenvalue weighted by atomic mass is 16.3. The minimum Gasteiger partial charge on any atom is -0.456 e. The van der Waals surface area contributed by atoms with Crippen molar-refractivity contribution in [1.82, 2.24) is 0 Å². The van der Waals surface area contributed by atoms with E-state index >= 15 is 0 Å². The Morgan fingerprint density at radius 3 is 0.835 bits per heavy atom. The molecule has 0 saturated heterocycles. The van der Waals surface area contributed by atoms with Gasteiger partial charge in [0.25, 0.3) is 0 Å². The van der Waals surface area contributed by atoms with Crippen molar-refractivity contribution in [2.24, 2.45) is 0 Å². The number of hydrogen-bond donors (Lipinski definition) is 0. The first kappa shape index (κ1) is 65.6. The summed E-state index contributed by atoms with van der Waals surface area (Å²) in [6.45, 7) is 0. The molecule has 0 aliphatic carbocycles. The minimum absolute atomic E-state index is 0.0332. The molecule has 0 fully saturated rings. The van der Waals surface area contributed by atoms with Gasteiger partial charge in [0.05, 0.1) is 11.4 Å². The van der Waals surface area contributed by atoms with E-state index in [1.807, 2.05) is 0 Å². The lowest BCUT2D eigenvalue weighted by Gasteiger charge is -2.28. The predicted octanol–water partition coefficient (Wildman–Crippen LogP) is 29.2. The second-order valence-electron chi connectivity index (χ2n) is 28.3. The molecule has 514 valence electrons. The van der Waals surface area contributed by atoms with Gasteiger partial charge in [0.2, 0.25) is 0 Å². The number of nitrogens with zero attached hydrogens (tertiary/aromatic N) is 2. The molecule has 109 heavy (non-hydrogen) atoms. The molecule has 19 aromatic rings. The Hall–Kier alpha value is -14.1. The number of furan rings is 1. The van der Waals surface area contributed by atoms with Crippen LogP contribution in [0.2, 0.25) is 0 Å². The van der Waals surface area contributed by atoms with E-state index in [0.717, 1.165) is 101 Å². The number of para-hydroxylation sites is 1. The lowest BCUT2D eigenvalue weighted by atomic mass is 9.84. The number of anilines is 6. The van der Waals surface area contributed by atoms with Crippen molar-refractivity contribution in [3.05, 3.63) is 470 Å². The first-order chi connectivity index (χ1) is 54.0. The lowest BCUT2D eigenvalue weighted by Crippen LogP contribution is -2.10. The fourth-order valence-corrected chi connectivity index (χ4v) is 16.2. The van der Waals surface area contributed by atoms with E-state index in [4.69, 9.17) is 4.42 Å². The summed E-state index contributed by atoms with van der Waals surface area (Å²) in [5, 5.41) is 7.01. The second-order valence-corrected chi connectivity index (χ2v) is 28.3. The molecule has 0 bridgehead atoms. The van der Waals surface area contributed by atoms with Crippen molar-refractivity contribution in [1.29, 1.82) is 0 Å². The van der Waals surface area contributed by atoms with Crippen LogP contribution < -0.4 is 9.80 Å². The zero-order valence-electron chi connectivity index (χ0n) is 60.0. The number of hydrogen-bond acceptors (Lipinski definition) is 3. The molecule has 1 heterocycles. The summed E-state index contributed by atoms with van der Waals surface area (Å²) in [6.07, 6.45) is 0. The Labute approximate surface area is 636 Å². The first-order valence-corrected chi connectivity index (χ1v) is 37.6. The van der Waals surface area contributed by atoms with Gasteiger partial charge in [0.1, 0.15) is 11.2 Å². The summed E-state index contributed by atoms with van der Waals surface area (Å²) in [5.41, 5.74) is 29.9. The molecule has 0 N–H and O–H groups in total. The van der Waals surface area contributed by atoms with Gasteiger partial charge < -0.3 is 14.2 Å². The van der Waals surface area contributed by atoms with Gasteiger partial charge in [-0.15, -0.1) is 0 Å². The van der Waals surface area contributed by atoms with E-state index in [2.05, 4.69) is 447 Å². The molecule has 18 aromatic carbocycles. The van der Waals surface area contributed by atoms with Gasteiger partial charge in [-0.3, -0.25) is 0 Å². The highest BCUT2D eigenvalue weighted by molar-refractivity contribution is 6.08. The Bertz CT molecular complexity index is 6390. The number of rotatable bonds is 18. The molecule has 3 nitrogen and oxygen atoms in total. The third-order valence-corrected chi connectivity index (χ3v) is 21.8. The van der Waals surface area contributed by atoms with E-state index in [1.54, 1.807) is 0 Å². The lowest BCUT2D eigenvalue weighted by molar-refractivity contribution is 0.669. The SMILES string of the molecule is c1ccc(-c2ccc(C(c3ccccc3)c3ccc(-c4ccc5oc6ccc(-c7ccc(C(c8ccccc8)c8ccc(-c9ccc(-c%10cccc(N(c%11ccc(-c%12ccc(N(c%13ccccc%13)c%13cccc%14ccccc%13%14)cc%12)cc%11)c%11cccc%12ccccc%11%12)c%10)cc9)cc8)cc7)cc6c5c4)cc3)cc2)cc1. The van der Waals surface area contributed by atoms with Crippen molar-refractivity contribution in [2.45, 2.75) is 11.8 Å². The van der Waals surface area contributed by atoms with E-state index in [1.165, 1.54) is 77.2 Å².